The minimum absolute atomic E-state index is 0.0788. The molecule has 0 radical (unpaired) electrons. The van der Waals surface area contributed by atoms with Crippen LogP contribution in [0.25, 0.3) is 0 Å². The van der Waals surface area contributed by atoms with Crippen molar-refractivity contribution < 1.29 is 71.3 Å². The number of furan rings is 2. The van der Waals surface area contributed by atoms with E-state index >= 15 is 0 Å². The summed E-state index contributed by atoms with van der Waals surface area (Å²) in [6.45, 7) is 43.4. The topological polar surface area (TPSA) is 54.0 Å². The maximum Gasteiger partial charge on any atom is 0.573 e. The molecule has 2 heterocycles. The first-order chi connectivity index (χ1) is 52.6. The molecule has 10 rings (SSSR count). The lowest BCUT2D eigenvalue weighted by atomic mass is 10.0. The first-order valence-corrected chi connectivity index (χ1v) is 40.9. The molecule has 0 spiro atoms. The monoisotopic (exact) mass is 1730 g/mol. The van der Waals surface area contributed by atoms with Crippen LogP contribution in [0.2, 0.25) is 0 Å². The zero-order valence-corrected chi connectivity index (χ0v) is 73.9. The lowest BCUT2D eigenvalue weighted by molar-refractivity contribution is -0.274. The molecule has 0 aliphatic carbocycles. The van der Waals surface area contributed by atoms with Gasteiger partial charge in [0, 0.05) is 25.2 Å². The second-order valence-corrected chi connectivity index (χ2v) is 32.6. The highest BCUT2D eigenvalue weighted by Gasteiger charge is 2.32. The van der Waals surface area contributed by atoms with Gasteiger partial charge >= 0.3 is 24.7 Å². The third-order valence-corrected chi connectivity index (χ3v) is 18.7. The number of ether oxygens (including phenoxy) is 3. The lowest BCUT2D eigenvalue weighted by Gasteiger charge is -2.10. The Hall–Kier alpha value is -7.62. The van der Waals surface area contributed by atoms with Crippen molar-refractivity contribution in [1.29, 1.82) is 0 Å². The fourth-order valence-electron chi connectivity index (χ4n) is 9.36. The van der Waals surface area contributed by atoms with E-state index in [-0.39, 0.29) is 34.1 Å². The standard InChI is InChI=1S/C10H11F3O.C10H11F3S.C10H11F3.C10H12F2O.C10H14O.C10H14S.C10H14.C9H11I.C8H12O.C7H10O/c2*1-7(2)8-3-5-9(6-4-8)14-10(11,12)13;1-7(2)8-3-5-9(6-4-8)10(11,12)13;1-7(2)8-3-5-9(6-4-8)13-10(11)12;2*1-8(2)9-4-6-10(11-3)7-5-9;1-8(2)10-6-4-9(3)5-7-10;1-7(2)8-3-5-9(10)6-4-8;1-6(2)8-5-4-7(3)9-8;1-6(2)7-4-3-5-8-7/h2*3-7H,1-2H3;3-7H,1-2H3;3-7,10H,1-2H3;2*4-8H,1-3H3;4-8H,1-3H3;3-7H,1-2H3;4-6H,1-3H3;3-6H,1-2H3. The smallest absolute Gasteiger partial charge is 0.497 e. The minimum atomic E-state index is -4.61. The molecule has 0 aliphatic heterocycles. The van der Waals surface area contributed by atoms with Crippen molar-refractivity contribution in [3.63, 3.8) is 0 Å². The fraction of sp³-hybridized carbons (Fsp3) is 0.404. The predicted octanol–water partition coefficient (Wildman–Crippen LogP) is 33.4. The zero-order chi connectivity index (χ0) is 85.9. The molecule has 0 saturated carbocycles. The third kappa shape index (κ3) is 47.1. The van der Waals surface area contributed by atoms with E-state index in [4.69, 9.17) is 13.6 Å². The summed E-state index contributed by atoms with van der Waals surface area (Å²) in [5, 5.41) is 0. The van der Waals surface area contributed by atoms with Gasteiger partial charge in [0.15, 0.2) is 0 Å². The Kier molecular flexibility index (Phi) is 49.0. The van der Waals surface area contributed by atoms with Crippen molar-refractivity contribution in [3.05, 3.63) is 301 Å². The minimum Gasteiger partial charge on any atom is -0.497 e. The molecular formula is C94H120F11IO5S2. The van der Waals surface area contributed by atoms with Gasteiger partial charge in [-0.3, -0.25) is 0 Å². The van der Waals surface area contributed by atoms with E-state index in [2.05, 4.69) is 213 Å². The Balaban J connectivity index is 0.000000630. The molecular weight excluding hydrogens is 1610 g/mol. The molecule has 0 atom stereocenters. The molecule has 19 heteroatoms. The third-order valence-electron chi connectivity index (χ3n) is 16.5. The number of aryl methyl sites for hydroxylation is 2. The van der Waals surface area contributed by atoms with E-state index in [1.807, 2.05) is 98.7 Å². The Morgan fingerprint density at radius 2 is 0.673 bits per heavy atom. The molecule has 0 aliphatic rings. The van der Waals surface area contributed by atoms with E-state index in [0.717, 1.165) is 57.4 Å². The number of rotatable bonds is 16. The molecule has 10 aromatic rings. The number of hydrogen-bond donors (Lipinski definition) is 0. The number of thioether (sulfide) groups is 2. The molecule has 5 nitrogen and oxygen atoms in total. The van der Waals surface area contributed by atoms with E-state index in [0.29, 0.717) is 53.3 Å². The van der Waals surface area contributed by atoms with Gasteiger partial charge in [-0.2, -0.15) is 35.1 Å². The number of methoxy groups -OCH3 is 1. The van der Waals surface area contributed by atoms with Crippen molar-refractivity contribution in [2.45, 2.75) is 246 Å². The Labute approximate surface area is 690 Å². The second kappa shape index (κ2) is 53.5. The highest BCUT2D eigenvalue weighted by Crippen LogP contribution is 2.37. The van der Waals surface area contributed by atoms with Crippen molar-refractivity contribution in [2.24, 2.45) is 0 Å². The predicted molar refractivity (Wildman–Crippen MR) is 461 cm³/mol. The number of benzene rings is 8. The summed E-state index contributed by atoms with van der Waals surface area (Å²) in [6, 6.07) is 66.6. The SMILES string of the molecule is CC(C)c1ccc(C(F)(F)F)cc1.CC(C)c1ccc(I)cc1.CC(C)c1ccc(OC(F)(F)F)cc1.CC(C)c1ccc(OC(F)F)cc1.CC(C)c1ccc(SC(F)(F)F)cc1.CC(C)c1ccco1.COc1ccc(C(C)C)cc1.CSc1ccc(C(C)C)cc1.Cc1ccc(C(C)C)cc1.Cc1ccc(C(C)C)o1. The van der Waals surface area contributed by atoms with E-state index in [9.17, 15) is 48.3 Å². The Morgan fingerprint density at radius 3 is 0.929 bits per heavy atom. The Bertz CT molecular complexity index is 3850. The summed E-state index contributed by atoms with van der Waals surface area (Å²) in [6.07, 6.45) is -5.03. The molecule has 0 fully saturated rings. The average Bonchev–Trinajstić information content (AvgIpc) is 1.11. The summed E-state index contributed by atoms with van der Waals surface area (Å²) in [7, 11) is 1.68. The fourth-order valence-corrected chi connectivity index (χ4v) is 10.7. The summed E-state index contributed by atoms with van der Waals surface area (Å²) in [5.74, 6) is 8.98. The maximum absolute atomic E-state index is 12.1. The molecule has 0 N–H and O–H groups in total. The van der Waals surface area contributed by atoms with Gasteiger partial charge in [-0.15, -0.1) is 24.9 Å². The van der Waals surface area contributed by atoms with Crippen LogP contribution in [-0.4, -0.2) is 31.8 Å². The van der Waals surface area contributed by atoms with Crippen molar-refractivity contribution >= 4 is 46.1 Å². The molecule has 0 saturated heterocycles. The number of alkyl halides is 11. The van der Waals surface area contributed by atoms with Crippen LogP contribution in [0, 0.1) is 17.4 Å². The molecule has 0 unspecified atom stereocenters. The first-order valence-electron chi connectivity index (χ1n) is 37.8. The highest BCUT2D eigenvalue weighted by atomic mass is 127. The molecule has 0 amide bonds. The van der Waals surface area contributed by atoms with E-state index < -0.39 is 30.2 Å². The van der Waals surface area contributed by atoms with Crippen LogP contribution in [0.5, 0.6) is 17.2 Å². The van der Waals surface area contributed by atoms with Crippen LogP contribution < -0.4 is 14.2 Å². The van der Waals surface area contributed by atoms with Crippen LogP contribution in [0.4, 0.5) is 48.3 Å². The van der Waals surface area contributed by atoms with Gasteiger partial charge in [0.05, 0.1) is 18.9 Å². The molecule has 0 bridgehead atoms. The summed E-state index contributed by atoms with van der Waals surface area (Å²) in [4.78, 5) is 1.58. The van der Waals surface area contributed by atoms with Crippen LogP contribution >= 0.6 is 46.1 Å². The van der Waals surface area contributed by atoms with Crippen molar-refractivity contribution in [3.8, 4) is 17.2 Å². The van der Waals surface area contributed by atoms with Crippen molar-refractivity contribution in [2.75, 3.05) is 13.4 Å². The summed E-state index contributed by atoms with van der Waals surface area (Å²) in [5.41, 5.74) is 6.24. The highest BCUT2D eigenvalue weighted by molar-refractivity contribution is 14.1. The lowest BCUT2D eigenvalue weighted by Crippen LogP contribution is -2.17. The molecule has 8 aromatic carbocycles. The molecule has 113 heavy (non-hydrogen) atoms. The van der Waals surface area contributed by atoms with Crippen LogP contribution in [0.15, 0.2) is 243 Å². The molecule has 2 aromatic heterocycles. The normalized spacial score (nSPS) is 11.1. The van der Waals surface area contributed by atoms with Gasteiger partial charge in [-0.05, 0) is 256 Å². The average molecular weight is 1730 g/mol. The van der Waals surface area contributed by atoms with Crippen LogP contribution in [0.3, 0.4) is 0 Å². The van der Waals surface area contributed by atoms with Gasteiger partial charge in [-0.1, -0.05) is 253 Å². The van der Waals surface area contributed by atoms with Crippen LogP contribution in [0.1, 0.15) is 271 Å². The number of hydrogen-bond acceptors (Lipinski definition) is 7. The molecule has 622 valence electrons. The maximum atomic E-state index is 12.1. The first kappa shape index (κ1) is 103. The zero-order valence-electron chi connectivity index (χ0n) is 70.1. The Morgan fingerprint density at radius 1 is 0.354 bits per heavy atom. The largest absolute Gasteiger partial charge is 0.573 e. The van der Waals surface area contributed by atoms with Gasteiger partial charge < -0.3 is 23.0 Å². The summed E-state index contributed by atoms with van der Waals surface area (Å²) < 4.78 is 156. The summed E-state index contributed by atoms with van der Waals surface area (Å²) >= 11 is 4.03. The van der Waals surface area contributed by atoms with E-state index in [1.165, 1.54) is 72.7 Å². The van der Waals surface area contributed by atoms with Crippen LogP contribution in [-0.2, 0) is 6.18 Å². The van der Waals surface area contributed by atoms with Gasteiger partial charge in [0.2, 0.25) is 0 Å². The quantitative estimate of drug-likeness (QED) is 0.0543. The van der Waals surface area contributed by atoms with E-state index in [1.54, 1.807) is 73.7 Å². The van der Waals surface area contributed by atoms with Gasteiger partial charge in [0.1, 0.15) is 34.5 Å². The second-order valence-electron chi connectivity index (χ2n) is 29.3. The van der Waals surface area contributed by atoms with Gasteiger partial charge in [0.25, 0.3) is 0 Å². The van der Waals surface area contributed by atoms with Gasteiger partial charge in [-0.25, -0.2) is 0 Å². The van der Waals surface area contributed by atoms with Crippen molar-refractivity contribution in [1.82, 2.24) is 0 Å². The number of halogens is 12.